The highest BCUT2D eigenvalue weighted by atomic mass is 35.5. The lowest BCUT2D eigenvalue weighted by Crippen LogP contribution is -2.22. The molecule has 25 heteroatoms. The molecule has 0 saturated heterocycles. The molecule has 0 fully saturated rings. The van der Waals surface area contributed by atoms with Gasteiger partial charge in [0.05, 0.1) is 84.4 Å². The lowest BCUT2D eigenvalue weighted by Gasteiger charge is -2.16. The maximum absolute atomic E-state index is 13.6. The topological polar surface area (TPSA) is 272 Å². The number of primary amides is 2. The number of benzene rings is 4. The van der Waals surface area contributed by atoms with E-state index in [9.17, 15) is 31.8 Å². The maximum Gasteiger partial charge on any atom is 0.254 e. The summed E-state index contributed by atoms with van der Waals surface area (Å²) in [6.07, 6.45) is 8.19. The highest BCUT2D eigenvalue weighted by Crippen LogP contribution is 2.36. The van der Waals surface area contributed by atoms with Crippen LogP contribution >= 0.6 is 49.6 Å². The number of hydrogen-bond acceptors (Lipinski definition) is 15. The molecule has 4 heterocycles. The predicted octanol–water partition coefficient (Wildman–Crippen LogP) is 8.67. The zero-order valence-corrected chi connectivity index (χ0v) is 47.4. The van der Waals surface area contributed by atoms with Gasteiger partial charge in [0.1, 0.15) is 11.5 Å². The minimum absolute atomic E-state index is 0. The number of amides is 4. The van der Waals surface area contributed by atoms with Crippen molar-refractivity contribution >= 4 is 138 Å². The number of fused-ring (bicyclic) bond motifs is 2. The van der Waals surface area contributed by atoms with Gasteiger partial charge in [0.2, 0.25) is 9.84 Å². The van der Waals surface area contributed by atoms with Crippen molar-refractivity contribution < 1.29 is 41.3 Å². The number of ether oxygens (including phenoxy) is 2. The molecule has 0 radical (unpaired) electrons. The van der Waals surface area contributed by atoms with E-state index in [2.05, 4.69) is 30.6 Å². The summed E-state index contributed by atoms with van der Waals surface area (Å²) in [4.78, 5) is 69.6. The van der Waals surface area contributed by atoms with Crippen molar-refractivity contribution in [2.75, 3.05) is 53.0 Å². The predicted molar refractivity (Wildman–Crippen MR) is 306 cm³/mol. The summed E-state index contributed by atoms with van der Waals surface area (Å²) in [6.45, 7) is 3.57. The number of rotatable bonds is 14. The second-order valence-corrected chi connectivity index (χ2v) is 20.2. The average Bonchev–Trinajstić information content (AvgIpc) is 3.38. The number of carbonyl (C=O) groups excluding carboxylic acids is 4. The number of hydrogen-bond donors (Lipinski definition) is 4. The number of pyridine rings is 4. The maximum atomic E-state index is 13.6. The highest BCUT2D eigenvalue weighted by molar-refractivity contribution is 7.91. The van der Waals surface area contributed by atoms with E-state index in [1.165, 1.54) is 72.3 Å². The van der Waals surface area contributed by atoms with Crippen LogP contribution in [0.25, 0.3) is 21.8 Å². The number of nitrogens with zero attached hydrogens (tertiary/aromatic N) is 6. The van der Waals surface area contributed by atoms with Gasteiger partial charge < -0.3 is 41.4 Å². The average molecular weight is 1170 g/mol. The standard InChI is InChI=1S/C26H25N5O5S.C26H25N5O4S.4ClH/c1-15-8-19(37(34,35)20-9-16(12-28-13-20)26(33)31(2)3)11-21-23(15)29-14-22(25(27)32)24(21)30-17-6-5-7-18(10-17)36-4;1-15-8-19(36(34)20-9-16(12-28-13-20)26(33)31(2)3)11-21-23(15)29-14-22(25(27)32)24(21)30-17-6-5-7-18(10-17)35-4;;;;/h5-14H,1-4H3,(H2,27,32)(H,29,30);5-14H,1-4H3,(H2,27,32)(H,29,30);4*1H. The number of methoxy groups -OCH3 is 2. The van der Waals surface area contributed by atoms with Crippen LogP contribution in [-0.4, -0.2) is 108 Å². The van der Waals surface area contributed by atoms with Gasteiger partial charge in [-0.1, -0.05) is 12.1 Å². The molecule has 4 aromatic carbocycles. The van der Waals surface area contributed by atoms with E-state index >= 15 is 0 Å². The molecule has 1 unspecified atom stereocenters. The Morgan fingerprint density at radius 3 is 1.48 bits per heavy atom. The van der Waals surface area contributed by atoms with Crippen molar-refractivity contribution in [1.29, 1.82) is 0 Å². The van der Waals surface area contributed by atoms with Crippen LogP contribution in [0.3, 0.4) is 0 Å². The van der Waals surface area contributed by atoms with E-state index in [-0.39, 0.29) is 87.9 Å². The minimum Gasteiger partial charge on any atom is -0.497 e. The zero-order valence-electron chi connectivity index (χ0n) is 42.5. The lowest BCUT2D eigenvalue weighted by atomic mass is 10.1. The molecule has 6 N–H and O–H groups in total. The fourth-order valence-corrected chi connectivity index (χ4v) is 10.1. The molecular formula is C52H54Cl4N10O9S2. The first-order valence-electron chi connectivity index (χ1n) is 22.0. The summed E-state index contributed by atoms with van der Waals surface area (Å²) in [6, 6.07) is 23.5. The van der Waals surface area contributed by atoms with Crippen LogP contribution in [0.4, 0.5) is 22.7 Å². The van der Waals surface area contributed by atoms with E-state index < -0.39 is 32.5 Å². The van der Waals surface area contributed by atoms with Crippen molar-refractivity contribution in [2.45, 2.75) is 33.4 Å². The summed E-state index contributed by atoms with van der Waals surface area (Å²) < 4.78 is 51.4. The SMILES string of the molecule is COc1cccc(Nc2c(C(N)=O)cnc3c(C)cc(S(=O)(=O)c4cncc(C(=O)N(C)C)c4)cc23)c1.COc1cccc(Nc2c(C(N)=O)cnc3c(C)cc(S(=O)c4cncc(C(=O)N(C)C)c4)cc23)c1.Cl.Cl.Cl.Cl. The molecule has 0 aliphatic rings. The molecule has 0 aliphatic heterocycles. The molecule has 77 heavy (non-hydrogen) atoms. The Hall–Kier alpha value is -7.66. The fraction of sp³-hybridized carbons (Fsp3) is 0.154. The largest absolute Gasteiger partial charge is 0.497 e. The molecule has 1 atom stereocenters. The molecule has 8 aromatic rings. The normalized spacial score (nSPS) is 10.9. The molecule has 0 bridgehead atoms. The number of nitrogens with two attached hydrogens (primary N) is 2. The molecule has 8 rings (SSSR count). The summed E-state index contributed by atoms with van der Waals surface area (Å²) in [5.41, 5.74) is 16.5. The quantitative estimate of drug-likeness (QED) is 0.0793. The number of halogens is 4. The molecule has 0 saturated carbocycles. The van der Waals surface area contributed by atoms with Gasteiger partial charge in [0.15, 0.2) is 0 Å². The monoisotopic (exact) mass is 1170 g/mol. The third-order valence-corrected chi connectivity index (χ3v) is 14.3. The summed E-state index contributed by atoms with van der Waals surface area (Å²) in [5.74, 6) is -0.780. The molecule has 4 aromatic heterocycles. The minimum atomic E-state index is -4.09. The third kappa shape index (κ3) is 14.0. The molecule has 0 spiro atoms. The van der Waals surface area contributed by atoms with E-state index in [1.54, 1.807) is 96.8 Å². The van der Waals surface area contributed by atoms with Gasteiger partial charge >= 0.3 is 0 Å². The Labute approximate surface area is 471 Å². The van der Waals surface area contributed by atoms with E-state index in [4.69, 9.17) is 20.9 Å². The van der Waals surface area contributed by atoms with Gasteiger partial charge in [-0.25, -0.2) is 12.6 Å². The highest BCUT2D eigenvalue weighted by Gasteiger charge is 2.25. The fourth-order valence-electron chi connectivity index (χ4n) is 7.60. The van der Waals surface area contributed by atoms with E-state index in [1.807, 2.05) is 19.1 Å². The van der Waals surface area contributed by atoms with Gasteiger partial charge in [0, 0.05) is 105 Å². The van der Waals surface area contributed by atoms with Crippen molar-refractivity contribution in [3.63, 3.8) is 0 Å². The molecule has 19 nitrogen and oxygen atoms in total. The second kappa shape index (κ2) is 26.9. The Bertz CT molecular complexity index is 3670. The number of carbonyl (C=O) groups is 4. The zero-order chi connectivity index (χ0) is 52.9. The molecular weight excluding hydrogens is 1110 g/mol. The van der Waals surface area contributed by atoms with Crippen LogP contribution in [0.5, 0.6) is 11.5 Å². The first kappa shape index (κ1) is 63.6. The van der Waals surface area contributed by atoms with Gasteiger partial charge in [-0.05, 0) is 85.6 Å². The van der Waals surface area contributed by atoms with Crippen LogP contribution in [0.15, 0.2) is 142 Å². The van der Waals surface area contributed by atoms with Crippen LogP contribution in [0.2, 0.25) is 0 Å². The summed E-state index contributed by atoms with van der Waals surface area (Å²) in [5, 5.41) is 7.39. The Morgan fingerprint density at radius 1 is 0.558 bits per heavy atom. The summed E-state index contributed by atoms with van der Waals surface area (Å²) in [7, 11) is 3.76. The molecule has 4 amide bonds. The second-order valence-electron chi connectivity index (χ2n) is 16.8. The smallest absolute Gasteiger partial charge is 0.254 e. The van der Waals surface area contributed by atoms with Gasteiger partial charge in [-0.15, -0.1) is 49.6 Å². The third-order valence-electron chi connectivity index (χ3n) is 11.3. The van der Waals surface area contributed by atoms with Crippen molar-refractivity contribution in [3.05, 3.63) is 155 Å². The van der Waals surface area contributed by atoms with Crippen LogP contribution in [0, 0.1) is 13.8 Å². The van der Waals surface area contributed by atoms with Gasteiger partial charge in [0.25, 0.3) is 23.6 Å². The van der Waals surface area contributed by atoms with Gasteiger partial charge in [-0.3, -0.25) is 39.1 Å². The van der Waals surface area contributed by atoms with Gasteiger partial charge in [-0.2, -0.15) is 0 Å². The lowest BCUT2D eigenvalue weighted by molar-refractivity contribution is 0.0819. The number of anilines is 4. The van der Waals surface area contributed by atoms with E-state index in [0.29, 0.717) is 77.0 Å². The number of aromatic nitrogens is 4. The Balaban J connectivity index is 0.000000385. The Morgan fingerprint density at radius 2 is 1.01 bits per heavy atom. The molecule has 406 valence electrons. The first-order chi connectivity index (χ1) is 34.7. The van der Waals surface area contributed by atoms with Crippen molar-refractivity contribution in [3.8, 4) is 11.5 Å². The summed E-state index contributed by atoms with van der Waals surface area (Å²) >= 11 is 0. The van der Waals surface area contributed by atoms with Crippen LogP contribution in [0.1, 0.15) is 52.6 Å². The van der Waals surface area contributed by atoms with Crippen molar-refractivity contribution in [2.24, 2.45) is 11.5 Å². The molecule has 0 aliphatic carbocycles. The van der Waals surface area contributed by atoms with E-state index in [0.717, 1.165) is 5.56 Å². The number of sulfone groups is 1. The van der Waals surface area contributed by atoms with Crippen LogP contribution in [-0.2, 0) is 20.6 Å². The van der Waals surface area contributed by atoms with Crippen molar-refractivity contribution in [1.82, 2.24) is 29.7 Å². The number of nitrogens with one attached hydrogen (secondary N) is 2. The van der Waals surface area contributed by atoms with Crippen LogP contribution < -0.4 is 31.6 Å². The Kier molecular flexibility index (Phi) is 22.2. The number of aryl methyl sites for hydroxylation is 2. The first-order valence-corrected chi connectivity index (χ1v) is 24.6.